The normalized spacial score (nSPS) is 13.8. The molecule has 1 aliphatic heterocycles. The van der Waals surface area contributed by atoms with Gasteiger partial charge in [-0.15, -0.1) is 0 Å². The molecule has 4 heteroatoms. The summed E-state index contributed by atoms with van der Waals surface area (Å²) >= 11 is 5.57. The zero-order chi connectivity index (χ0) is 13.7. The summed E-state index contributed by atoms with van der Waals surface area (Å²) in [7, 11) is 0. The standard InChI is InChI=1S/C16H14N2OS/c1-10-4-6-11(7-5-10)13-9-12-15(19-13)17-14-3-2-8-18(14)16(12)20/h4-7,9H,2-3,8H2,1H3. The molecule has 3 heterocycles. The van der Waals surface area contributed by atoms with Gasteiger partial charge in [0.15, 0.2) is 0 Å². The van der Waals surface area contributed by atoms with E-state index in [1.165, 1.54) is 5.56 Å². The van der Waals surface area contributed by atoms with Gasteiger partial charge in [0.2, 0.25) is 5.71 Å². The molecular weight excluding hydrogens is 268 g/mol. The molecule has 0 fully saturated rings. The van der Waals surface area contributed by atoms with Crippen molar-refractivity contribution in [2.75, 3.05) is 0 Å². The molecule has 4 rings (SSSR count). The van der Waals surface area contributed by atoms with E-state index in [0.717, 1.165) is 46.6 Å². The Labute approximate surface area is 121 Å². The van der Waals surface area contributed by atoms with E-state index in [2.05, 4.69) is 40.7 Å². The average molecular weight is 282 g/mol. The highest BCUT2D eigenvalue weighted by atomic mass is 32.1. The van der Waals surface area contributed by atoms with Gasteiger partial charge in [0.05, 0.1) is 5.39 Å². The summed E-state index contributed by atoms with van der Waals surface area (Å²) in [5.41, 5.74) is 2.97. The Bertz CT molecular complexity index is 859. The Balaban J connectivity index is 1.94. The van der Waals surface area contributed by atoms with Crippen molar-refractivity contribution in [1.82, 2.24) is 9.55 Å². The molecule has 3 nitrogen and oxygen atoms in total. The Morgan fingerprint density at radius 2 is 2.05 bits per heavy atom. The van der Waals surface area contributed by atoms with Crippen LogP contribution in [0.3, 0.4) is 0 Å². The number of aromatic nitrogens is 2. The molecule has 0 aliphatic carbocycles. The monoisotopic (exact) mass is 282 g/mol. The highest BCUT2D eigenvalue weighted by Crippen LogP contribution is 2.29. The van der Waals surface area contributed by atoms with Gasteiger partial charge in [0, 0.05) is 18.5 Å². The number of aryl methyl sites for hydroxylation is 2. The van der Waals surface area contributed by atoms with Crippen LogP contribution < -0.4 is 0 Å². The van der Waals surface area contributed by atoms with Crippen LogP contribution in [0, 0.1) is 11.6 Å². The van der Waals surface area contributed by atoms with Crippen molar-refractivity contribution in [1.29, 1.82) is 0 Å². The first-order chi connectivity index (χ1) is 9.72. The lowest BCUT2D eigenvalue weighted by Gasteiger charge is -2.02. The molecule has 3 aromatic rings. The minimum Gasteiger partial charge on any atom is -0.438 e. The Morgan fingerprint density at radius 3 is 2.85 bits per heavy atom. The van der Waals surface area contributed by atoms with Gasteiger partial charge in [-0.1, -0.05) is 42.0 Å². The topological polar surface area (TPSA) is 31.0 Å². The van der Waals surface area contributed by atoms with Crippen LogP contribution in [0.5, 0.6) is 0 Å². The average Bonchev–Trinajstić information content (AvgIpc) is 3.06. The first-order valence-electron chi connectivity index (χ1n) is 6.83. The molecular formula is C16H14N2OS. The van der Waals surface area contributed by atoms with Gasteiger partial charge >= 0.3 is 0 Å². The van der Waals surface area contributed by atoms with Crippen molar-refractivity contribution in [3.8, 4) is 11.3 Å². The molecule has 20 heavy (non-hydrogen) atoms. The van der Waals surface area contributed by atoms with Crippen LogP contribution in [0.4, 0.5) is 0 Å². The van der Waals surface area contributed by atoms with E-state index in [1.54, 1.807) is 0 Å². The van der Waals surface area contributed by atoms with Crippen molar-refractivity contribution in [2.24, 2.45) is 0 Å². The third-order valence-corrected chi connectivity index (χ3v) is 4.29. The second-order valence-electron chi connectivity index (χ2n) is 5.28. The van der Waals surface area contributed by atoms with Gasteiger partial charge in [-0.2, -0.15) is 4.98 Å². The Kier molecular flexibility index (Phi) is 2.54. The van der Waals surface area contributed by atoms with Gasteiger partial charge < -0.3 is 8.98 Å². The second kappa shape index (κ2) is 4.28. The van der Waals surface area contributed by atoms with Crippen LogP contribution >= 0.6 is 12.2 Å². The molecule has 0 amide bonds. The number of nitrogens with zero attached hydrogens (tertiary/aromatic N) is 2. The van der Waals surface area contributed by atoms with E-state index < -0.39 is 0 Å². The molecule has 0 N–H and O–H groups in total. The largest absolute Gasteiger partial charge is 0.438 e. The lowest BCUT2D eigenvalue weighted by atomic mass is 10.1. The molecule has 0 bridgehead atoms. The van der Waals surface area contributed by atoms with Crippen molar-refractivity contribution in [3.05, 3.63) is 46.4 Å². The van der Waals surface area contributed by atoms with E-state index in [0.29, 0.717) is 5.71 Å². The summed E-state index contributed by atoms with van der Waals surface area (Å²) in [4.78, 5) is 4.61. The number of rotatable bonds is 1. The molecule has 100 valence electrons. The summed E-state index contributed by atoms with van der Waals surface area (Å²) in [6.07, 6.45) is 2.11. The van der Waals surface area contributed by atoms with Crippen molar-refractivity contribution in [2.45, 2.75) is 26.3 Å². The second-order valence-corrected chi connectivity index (χ2v) is 5.67. The highest BCUT2D eigenvalue weighted by molar-refractivity contribution is 7.71. The summed E-state index contributed by atoms with van der Waals surface area (Å²) in [6.45, 7) is 3.05. The summed E-state index contributed by atoms with van der Waals surface area (Å²) in [6, 6.07) is 10.3. The molecule has 2 aromatic heterocycles. The van der Waals surface area contributed by atoms with Crippen LogP contribution in [-0.2, 0) is 13.0 Å². The number of hydrogen-bond donors (Lipinski definition) is 0. The third-order valence-electron chi connectivity index (χ3n) is 3.85. The van der Waals surface area contributed by atoms with Crippen LogP contribution in [0.15, 0.2) is 34.7 Å². The number of furan rings is 1. The van der Waals surface area contributed by atoms with Gasteiger partial charge in [0.25, 0.3) is 0 Å². The van der Waals surface area contributed by atoms with Crippen LogP contribution in [-0.4, -0.2) is 9.55 Å². The Hall–Kier alpha value is -1.94. The maximum Gasteiger partial charge on any atom is 0.231 e. The highest BCUT2D eigenvalue weighted by Gasteiger charge is 2.17. The Morgan fingerprint density at radius 1 is 1.25 bits per heavy atom. The summed E-state index contributed by atoms with van der Waals surface area (Å²) < 4.78 is 8.89. The third kappa shape index (κ3) is 1.72. The zero-order valence-corrected chi connectivity index (χ0v) is 12.0. The number of fused-ring (bicyclic) bond motifs is 2. The minimum absolute atomic E-state index is 0.665. The smallest absolute Gasteiger partial charge is 0.231 e. The number of benzene rings is 1. The molecule has 0 saturated carbocycles. The van der Waals surface area contributed by atoms with Crippen molar-refractivity contribution in [3.63, 3.8) is 0 Å². The fourth-order valence-electron chi connectivity index (χ4n) is 2.73. The van der Waals surface area contributed by atoms with E-state index in [4.69, 9.17) is 16.6 Å². The maximum absolute atomic E-state index is 5.91. The van der Waals surface area contributed by atoms with Crippen molar-refractivity contribution >= 4 is 23.3 Å². The number of hydrogen-bond acceptors (Lipinski definition) is 3. The maximum atomic E-state index is 5.91. The molecule has 0 radical (unpaired) electrons. The van der Waals surface area contributed by atoms with Crippen LogP contribution in [0.2, 0.25) is 0 Å². The van der Waals surface area contributed by atoms with Crippen LogP contribution in [0.25, 0.3) is 22.4 Å². The lowest BCUT2D eigenvalue weighted by molar-refractivity contribution is 0.612. The molecule has 0 saturated heterocycles. The predicted molar refractivity (Wildman–Crippen MR) is 81.3 cm³/mol. The fourth-order valence-corrected chi connectivity index (χ4v) is 3.08. The molecule has 0 unspecified atom stereocenters. The van der Waals surface area contributed by atoms with E-state index in [1.807, 2.05) is 6.07 Å². The predicted octanol–water partition coefficient (Wildman–Crippen LogP) is 4.28. The van der Waals surface area contributed by atoms with Crippen molar-refractivity contribution < 1.29 is 4.42 Å². The van der Waals surface area contributed by atoms with Gasteiger partial charge in [-0.25, -0.2) is 0 Å². The minimum atomic E-state index is 0.665. The van der Waals surface area contributed by atoms with Gasteiger partial charge in [-0.05, 0) is 19.4 Å². The summed E-state index contributed by atoms with van der Waals surface area (Å²) in [5, 5.41) is 0.946. The zero-order valence-electron chi connectivity index (χ0n) is 11.2. The SMILES string of the molecule is Cc1ccc(-c2cc3c(=S)n4c(nc3o2)CCC4)cc1. The summed E-state index contributed by atoms with van der Waals surface area (Å²) in [5.74, 6) is 1.88. The van der Waals surface area contributed by atoms with Gasteiger partial charge in [-0.3, -0.25) is 0 Å². The molecule has 0 atom stereocenters. The van der Waals surface area contributed by atoms with Crippen LogP contribution in [0.1, 0.15) is 17.8 Å². The molecule has 1 aromatic carbocycles. The van der Waals surface area contributed by atoms with Gasteiger partial charge in [0.1, 0.15) is 16.2 Å². The lowest BCUT2D eigenvalue weighted by Crippen LogP contribution is -2.00. The van der Waals surface area contributed by atoms with E-state index in [-0.39, 0.29) is 0 Å². The fraction of sp³-hybridized carbons (Fsp3) is 0.250. The first kappa shape index (κ1) is 11.9. The molecule has 1 aliphatic rings. The van der Waals surface area contributed by atoms with E-state index >= 15 is 0 Å². The van der Waals surface area contributed by atoms with E-state index in [9.17, 15) is 0 Å². The molecule has 0 spiro atoms. The first-order valence-corrected chi connectivity index (χ1v) is 7.23. The quantitative estimate of drug-likeness (QED) is 0.624.